The second kappa shape index (κ2) is 6.80. The molecule has 0 aliphatic heterocycles. The molecule has 0 aliphatic carbocycles. The lowest BCUT2D eigenvalue weighted by atomic mass is 10.1. The van der Waals surface area contributed by atoms with E-state index in [0.717, 1.165) is 0 Å². The molecule has 0 aliphatic rings. The predicted molar refractivity (Wildman–Crippen MR) is 78.4 cm³/mol. The van der Waals surface area contributed by atoms with E-state index in [1.165, 1.54) is 18.2 Å². The van der Waals surface area contributed by atoms with E-state index in [4.69, 9.17) is 0 Å². The highest BCUT2D eigenvalue weighted by Gasteiger charge is 2.17. The van der Waals surface area contributed by atoms with Crippen molar-refractivity contribution in [2.24, 2.45) is 0 Å². The molecule has 0 radical (unpaired) electrons. The van der Waals surface area contributed by atoms with Crippen molar-refractivity contribution in [2.45, 2.75) is 11.9 Å². The van der Waals surface area contributed by atoms with Crippen LogP contribution in [0.2, 0.25) is 0 Å². The largest absolute Gasteiger partial charge is 0.387 e. The first-order valence-electron chi connectivity index (χ1n) is 6.42. The van der Waals surface area contributed by atoms with Gasteiger partial charge in [0.2, 0.25) is 10.0 Å². The number of nitrogens with one attached hydrogen (secondary N) is 1. The molecule has 0 aromatic heterocycles. The Bertz CT molecular complexity index is 689. The van der Waals surface area contributed by atoms with Gasteiger partial charge in [-0.05, 0) is 11.6 Å². The maximum absolute atomic E-state index is 13.5. The number of rotatable bonds is 6. The van der Waals surface area contributed by atoms with Gasteiger partial charge in [-0.1, -0.05) is 48.5 Å². The summed E-state index contributed by atoms with van der Waals surface area (Å²) >= 11 is 0. The number of sulfonamides is 1. The Morgan fingerprint density at radius 2 is 1.67 bits per heavy atom. The SMILES string of the molecule is O=S(=O)(Cc1ccccc1)NC[C@@H](O)c1ccccc1F. The number of hydrogen-bond donors (Lipinski definition) is 2. The number of aliphatic hydroxyl groups excluding tert-OH is 1. The van der Waals surface area contributed by atoms with Crippen LogP contribution in [0.3, 0.4) is 0 Å². The zero-order chi connectivity index (χ0) is 15.3. The Hall–Kier alpha value is -1.76. The maximum Gasteiger partial charge on any atom is 0.215 e. The Kier molecular flexibility index (Phi) is 5.06. The van der Waals surface area contributed by atoms with E-state index in [9.17, 15) is 17.9 Å². The lowest BCUT2D eigenvalue weighted by molar-refractivity contribution is 0.177. The quantitative estimate of drug-likeness (QED) is 0.857. The Labute approximate surface area is 123 Å². The Morgan fingerprint density at radius 1 is 1.05 bits per heavy atom. The molecular weight excluding hydrogens is 293 g/mol. The average molecular weight is 309 g/mol. The average Bonchev–Trinajstić information content (AvgIpc) is 2.46. The van der Waals surface area contributed by atoms with Crippen molar-refractivity contribution in [3.63, 3.8) is 0 Å². The molecule has 0 amide bonds. The third kappa shape index (κ3) is 4.63. The van der Waals surface area contributed by atoms with E-state index in [1.807, 2.05) is 0 Å². The normalized spacial score (nSPS) is 13.0. The lowest BCUT2D eigenvalue weighted by Gasteiger charge is -2.13. The molecule has 0 saturated carbocycles. The first-order chi connectivity index (χ1) is 9.98. The second-order valence-electron chi connectivity index (χ2n) is 4.63. The van der Waals surface area contributed by atoms with E-state index in [0.29, 0.717) is 5.56 Å². The fourth-order valence-corrected chi connectivity index (χ4v) is 3.05. The third-order valence-corrected chi connectivity index (χ3v) is 4.28. The Morgan fingerprint density at radius 3 is 2.33 bits per heavy atom. The zero-order valence-electron chi connectivity index (χ0n) is 11.2. The van der Waals surface area contributed by atoms with E-state index in [2.05, 4.69) is 4.72 Å². The van der Waals surface area contributed by atoms with Crippen LogP contribution in [-0.2, 0) is 15.8 Å². The van der Waals surface area contributed by atoms with Gasteiger partial charge in [0, 0.05) is 12.1 Å². The van der Waals surface area contributed by atoms with Crippen molar-refractivity contribution < 1.29 is 17.9 Å². The lowest BCUT2D eigenvalue weighted by Crippen LogP contribution is -2.29. The van der Waals surface area contributed by atoms with Gasteiger partial charge < -0.3 is 5.11 Å². The van der Waals surface area contributed by atoms with Gasteiger partial charge in [-0.15, -0.1) is 0 Å². The molecule has 2 aromatic carbocycles. The summed E-state index contributed by atoms with van der Waals surface area (Å²) in [6.45, 7) is -0.268. The van der Waals surface area contributed by atoms with E-state index < -0.39 is 21.9 Å². The van der Waals surface area contributed by atoms with E-state index >= 15 is 0 Å². The smallest absolute Gasteiger partial charge is 0.215 e. The molecule has 112 valence electrons. The van der Waals surface area contributed by atoms with Gasteiger partial charge in [0.25, 0.3) is 0 Å². The van der Waals surface area contributed by atoms with Crippen LogP contribution in [0.1, 0.15) is 17.2 Å². The highest BCUT2D eigenvalue weighted by Crippen LogP contribution is 2.16. The van der Waals surface area contributed by atoms with Crippen molar-refractivity contribution >= 4 is 10.0 Å². The molecule has 0 spiro atoms. The van der Waals surface area contributed by atoms with Crippen LogP contribution in [0.15, 0.2) is 54.6 Å². The number of hydrogen-bond acceptors (Lipinski definition) is 3. The minimum absolute atomic E-state index is 0.0694. The molecule has 0 bridgehead atoms. The first kappa shape index (κ1) is 15.6. The van der Waals surface area contributed by atoms with Crippen molar-refractivity contribution in [2.75, 3.05) is 6.54 Å². The maximum atomic E-state index is 13.5. The van der Waals surface area contributed by atoms with Gasteiger partial charge >= 0.3 is 0 Å². The van der Waals surface area contributed by atoms with E-state index in [-0.39, 0.29) is 17.9 Å². The van der Waals surface area contributed by atoms with Gasteiger partial charge in [0.1, 0.15) is 5.82 Å². The molecule has 2 aromatic rings. The molecule has 1 atom stereocenters. The summed E-state index contributed by atoms with van der Waals surface area (Å²) in [5.74, 6) is -0.745. The monoisotopic (exact) mass is 309 g/mol. The van der Waals surface area contributed by atoms with Crippen molar-refractivity contribution in [1.82, 2.24) is 4.72 Å². The third-order valence-electron chi connectivity index (χ3n) is 2.96. The van der Waals surface area contributed by atoms with Crippen LogP contribution in [-0.4, -0.2) is 20.1 Å². The summed E-state index contributed by atoms with van der Waals surface area (Å²) in [6.07, 6.45) is -1.23. The molecular formula is C15H16FNO3S. The number of halogens is 1. The van der Waals surface area contributed by atoms with Gasteiger partial charge in [-0.25, -0.2) is 17.5 Å². The van der Waals surface area contributed by atoms with Gasteiger partial charge in [0.15, 0.2) is 0 Å². The number of aliphatic hydroxyl groups is 1. The highest BCUT2D eigenvalue weighted by atomic mass is 32.2. The molecule has 2 N–H and O–H groups in total. The highest BCUT2D eigenvalue weighted by molar-refractivity contribution is 7.88. The van der Waals surface area contributed by atoms with Gasteiger partial charge in [-0.2, -0.15) is 0 Å². The summed E-state index contributed by atoms with van der Waals surface area (Å²) in [5, 5.41) is 9.86. The first-order valence-corrected chi connectivity index (χ1v) is 8.07. The van der Waals surface area contributed by atoms with E-state index in [1.54, 1.807) is 36.4 Å². The van der Waals surface area contributed by atoms with Crippen LogP contribution in [0.4, 0.5) is 4.39 Å². The van der Waals surface area contributed by atoms with Crippen LogP contribution >= 0.6 is 0 Å². The summed E-state index contributed by atoms with van der Waals surface area (Å²) in [7, 11) is -3.58. The van der Waals surface area contributed by atoms with Crippen molar-refractivity contribution in [3.05, 3.63) is 71.5 Å². The van der Waals surface area contributed by atoms with Gasteiger partial charge in [-0.3, -0.25) is 0 Å². The fourth-order valence-electron chi connectivity index (χ4n) is 1.91. The van der Waals surface area contributed by atoms with Crippen molar-refractivity contribution in [3.8, 4) is 0 Å². The summed E-state index contributed by atoms with van der Waals surface area (Å²) in [5.41, 5.74) is 0.713. The molecule has 6 heteroatoms. The zero-order valence-corrected chi connectivity index (χ0v) is 12.1. The molecule has 21 heavy (non-hydrogen) atoms. The van der Waals surface area contributed by atoms with Crippen LogP contribution in [0.5, 0.6) is 0 Å². The standard InChI is InChI=1S/C15H16FNO3S/c16-14-9-5-4-8-13(14)15(18)10-17-21(19,20)11-12-6-2-1-3-7-12/h1-9,15,17-18H,10-11H2/t15-/m1/s1. The minimum Gasteiger partial charge on any atom is -0.387 e. The number of benzene rings is 2. The minimum atomic E-state index is -3.58. The summed E-state index contributed by atoms with van der Waals surface area (Å²) in [6, 6.07) is 14.4. The fraction of sp³-hybridized carbons (Fsp3) is 0.200. The topological polar surface area (TPSA) is 66.4 Å². The van der Waals surface area contributed by atoms with Crippen LogP contribution in [0.25, 0.3) is 0 Å². The summed E-state index contributed by atoms with van der Waals surface area (Å²) in [4.78, 5) is 0. The molecule has 0 heterocycles. The van der Waals surface area contributed by atoms with Crippen LogP contribution in [0, 0.1) is 5.82 Å². The predicted octanol–water partition coefficient (Wildman–Crippen LogP) is 1.98. The second-order valence-corrected chi connectivity index (χ2v) is 6.44. The van der Waals surface area contributed by atoms with Gasteiger partial charge in [0.05, 0.1) is 11.9 Å². The molecule has 2 rings (SSSR count). The molecule has 0 fully saturated rings. The van der Waals surface area contributed by atoms with Crippen molar-refractivity contribution in [1.29, 1.82) is 0 Å². The molecule has 0 unspecified atom stereocenters. The Balaban J connectivity index is 1.97. The molecule has 0 saturated heterocycles. The van der Waals surface area contributed by atoms with Crippen LogP contribution < -0.4 is 4.72 Å². The molecule has 4 nitrogen and oxygen atoms in total. The summed E-state index contributed by atoms with van der Waals surface area (Å²) < 4.78 is 39.6.